The Morgan fingerprint density at radius 1 is 1.19 bits per heavy atom. The van der Waals surface area contributed by atoms with Crippen LogP contribution in [0.5, 0.6) is 0 Å². The third kappa shape index (κ3) is 4.58. The van der Waals surface area contributed by atoms with Crippen molar-refractivity contribution in [2.75, 3.05) is 5.32 Å². The molecule has 9 nitrogen and oxygen atoms in total. The molecular formula is C21H19FN4O5. The predicted octanol–water partition coefficient (Wildman–Crippen LogP) is 3.72. The highest BCUT2D eigenvalue weighted by molar-refractivity contribution is 5.98. The maximum atomic E-state index is 13.4. The van der Waals surface area contributed by atoms with E-state index in [0.717, 1.165) is 17.8 Å². The van der Waals surface area contributed by atoms with Crippen molar-refractivity contribution in [2.45, 2.75) is 26.9 Å². The molecule has 2 aromatic carbocycles. The number of halogens is 1. The Morgan fingerprint density at radius 2 is 1.87 bits per heavy atom. The van der Waals surface area contributed by atoms with Crippen LogP contribution in [0.15, 0.2) is 48.5 Å². The Balaban J connectivity index is 1.74. The molecule has 0 aliphatic carbocycles. The van der Waals surface area contributed by atoms with Gasteiger partial charge in [-0.2, -0.15) is 9.49 Å². The van der Waals surface area contributed by atoms with Gasteiger partial charge in [0.15, 0.2) is 6.10 Å². The maximum absolute atomic E-state index is 13.4. The van der Waals surface area contributed by atoms with E-state index in [0.29, 0.717) is 11.4 Å². The number of carbonyl (C=O) groups is 2. The molecule has 0 radical (unpaired) electrons. The number of carbonyl (C=O) groups excluding carboxylic acids is 2. The van der Waals surface area contributed by atoms with E-state index in [2.05, 4.69) is 10.4 Å². The lowest BCUT2D eigenvalue weighted by molar-refractivity contribution is -0.387. The lowest BCUT2D eigenvalue weighted by Gasteiger charge is -2.14. The van der Waals surface area contributed by atoms with E-state index in [1.165, 1.54) is 13.0 Å². The highest BCUT2D eigenvalue weighted by Crippen LogP contribution is 2.22. The third-order valence-electron chi connectivity index (χ3n) is 4.56. The summed E-state index contributed by atoms with van der Waals surface area (Å²) in [5, 5.41) is 17.6. The van der Waals surface area contributed by atoms with Crippen molar-refractivity contribution in [3.8, 4) is 5.69 Å². The number of amides is 1. The molecule has 1 aromatic heterocycles. The highest BCUT2D eigenvalue weighted by atomic mass is 19.1. The first-order chi connectivity index (χ1) is 14.7. The number of aryl methyl sites for hydroxylation is 1. The van der Waals surface area contributed by atoms with E-state index in [4.69, 9.17) is 4.74 Å². The monoisotopic (exact) mass is 426 g/mol. The smallest absolute Gasteiger partial charge is 0.342 e. The summed E-state index contributed by atoms with van der Waals surface area (Å²) >= 11 is 0. The first-order valence-corrected chi connectivity index (χ1v) is 9.26. The maximum Gasteiger partial charge on any atom is 0.342 e. The van der Waals surface area contributed by atoms with Gasteiger partial charge in [-0.1, -0.05) is 18.2 Å². The number of esters is 1. The highest BCUT2D eigenvalue weighted by Gasteiger charge is 2.25. The van der Waals surface area contributed by atoms with Gasteiger partial charge in [-0.05, 0) is 45.0 Å². The average molecular weight is 426 g/mol. The zero-order chi connectivity index (χ0) is 22.7. The predicted molar refractivity (Wildman–Crippen MR) is 110 cm³/mol. The molecule has 0 saturated carbocycles. The van der Waals surface area contributed by atoms with Crippen LogP contribution < -0.4 is 5.32 Å². The van der Waals surface area contributed by atoms with Gasteiger partial charge in [-0.15, -0.1) is 0 Å². The van der Waals surface area contributed by atoms with Crippen molar-refractivity contribution in [1.82, 2.24) is 9.78 Å². The number of hydrogen-bond donors (Lipinski definition) is 1. The first-order valence-electron chi connectivity index (χ1n) is 9.26. The second kappa shape index (κ2) is 8.74. The molecule has 1 unspecified atom stereocenters. The molecule has 160 valence electrons. The summed E-state index contributed by atoms with van der Waals surface area (Å²) in [7, 11) is 0. The largest absolute Gasteiger partial charge is 0.449 e. The van der Waals surface area contributed by atoms with Crippen LogP contribution >= 0.6 is 0 Å². The molecule has 1 N–H and O–H groups in total. The average Bonchev–Trinajstić information content (AvgIpc) is 3.03. The number of rotatable bonds is 6. The number of nitro groups is 1. The van der Waals surface area contributed by atoms with Crippen molar-refractivity contribution in [2.24, 2.45) is 0 Å². The number of aromatic nitrogens is 2. The van der Waals surface area contributed by atoms with Crippen LogP contribution in [-0.4, -0.2) is 32.7 Å². The van der Waals surface area contributed by atoms with Gasteiger partial charge in [0.1, 0.15) is 5.56 Å². The number of benzene rings is 2. The lowest BCUT2D eigenvalue weighted by atomic mass is 10.2. The third-order valence-corrected chi connectivity index (χ3v) is 4.56. The fraction of sp³-hybridized carbons (Fsp3) is 0.190. The van der Waals surface area contributed by atoms with Gasteiger partial charge in [-0.3, -0.25) is 14.9 Å². The van der Waals surface area contributed by atoms with E-state index >= 15 is 0 Å². The van der Waals surface area contributed by atoms with Crippen LogP contribution in [0.25, 0.3) is 5.69 Å². The minimum absolute atomic E-state index is 0.00487. The van der Waals surface area contributed by atoms with Crippen molar-refractivity contribution in [3.05, 3.63) is 81.4 Å². The van der Waals surface area contributed by atoms with Crippen LogP contribution in [0.4, 0.5) is 15.8 Å². The number of nitrogens with one attached hydrogen (secondary N) is 1. The van der Waals surface area contributed by atoms with E-state index in [-0.39, 0.29) is 11.3 Å². The summed E-state index contributed by atoms with van der Waals surface area (Å²) in [5.74, 6) is -2.48. The summed E-state index contributed by atoms with van der Waals surface area (Å²) in [5.41, 5.74) is 1.22. The number of nitro benzene ring substituents is 1. The van der Waals surface area contributed by atoms with Crippen molar-refractivity contribution >= 4 is 23.3 Å². The topological polar surface area (TPSA) is 116 Å². The summed E-state index contributed by atoms with van der Waals surface area (Å²) in [6.07, 6.45) is -1.21. The molecule has 0 spiro atoms. The zero-order valence-corrected chi connectivity index (χ0v) is 17.0. The first kappa shape index (κ1) is 21.6. The minimum atomic E-state index is -1.21. The Bertz CT molecular complexity index is 1160. The standard InChI is InChI=1S/C21H19FN4O5/c1-12-19(13(2)25(24-12)16-7-5-4-6-8-16)21(28)31-14(3)20(27)23-15-9-10-17(22)18(11-15)26(29)30/h4-11,14H,1-3H3,(H,23,27). The fourth-order valence-corrected chi connectivity index (χ4v) is 3.01. The van der Waals surface area contributed by atoms with Gasteiger partial charge in [0.2, 0.25) is 5.82 Å². The zero-order valence-electron chi connectivity index (χ0n) is 17.0. The second-order valence-electron chi connectivity index (χ2n) is 6.75. The number of hydrogen-bond acceptors (Lipinski definition) is 6. The van der Waals surface area contributed by atoms with Crippen LogP contribution in [-0.2, 0) is 9.53 Å². The quantitative estimate of drug-likeness (QED) is 0.365. The fourth-order valence-electron chi connectivity index (χ4n) is 3.01. The van der Waals surface area contributed by atoms with Gasteiger partial charge in [0.25, 0.3) is 5.91 Å². The molecule has 1 amide bonds. The van der Waals surface area contributed by atoms with Gasteiger partial charge in [-0.25, -0.2) is 9.48 Å². The van der Waals surface area contributed by atoms with E-state index in [1.807, 2.05) is 30.3 Å². The molecular weight excluding hydrogens is 407 g/mol. The van der Waals surface area contributed by atoms with Crippen LogP contribution in [0.1, 0.15) is 28.7 Å². The summed E-state index contributed by atoms with van der Waals surface area (Å²) < 4.78 is 20.3. The Kier molecular flexibility index (Phi) is 6.10. The Labute approximate surface area is 176 Å². The van der Waals surface area contributed by atoms with Gasteiger partial charge >= 0.3 is 11.7 Å². The van der Waals surface area contributed by atoms with Gasteiger partial charge in [0, 0.05) is 11.8 Å². The molecule has 0 aliphatic rings. The van der Waals surface area contributed by atoms with Crippen LogP contribution in [0, 0.1) is 29.8 Å². The summed E-state index contributed by atoms with van der Waals surface area (Å²) in [4.78, 5) is 35.0. The summed E-state index contributed by atoms with van der Waals surface area (Å²) in [6, 6.07) is 12.2. The molecule has 1 heterocycles. The van der Waals surface area contributed by atoms with Crippen molar-refractivity contribution in [1.29, 1.82) is 0 Å². The SMILES string of the molecule is Cc1nn(-c2ccccc2)c(C)c1C(=O)OC(C)C(=O)Nc1ccc(F)c([N+](=O)[O-])c1. The minimum Gasteiger partial charge on any atom is -0.449 e. The molecule has 0 aliphatic heterocycles. The van der Waals surface area contributed by atoms with Gasteiger partial charge in [0.05, 0.1) is 22.0 Å². The van der Waals surface area contributed by atoms with E-state index < -0.39 is 34.4 Å². The number of para-hydroxylation sites is 1. The molecule has 3 rings (SSSR count). The van der Waals surface area contributed by atoms with E-state index in [9.17, 15) is 24.1 Å². The van der Waals surface area contributed by atoms with Crippen LogP contribution in [0.2, 0.25) is 0 Å². The molecule has 0 saturated heterocycles. The Morgan fingerprint density at radius 3 is 2.52 bits per heavy atom. The molecule has 10 heteroatoms. The Hall–Kier alpha value is -4.08. The molecule has 0 fully saturated rings. The lowest BCUT2D eigenvalue weighted by Crippen LogP contribution is -2.30. The van der Waals surface area contributed by atoms with Gasteiger partial charge < -0.3 is 10.1 Å². The molecule has 1 atom stereocenters. The number of ether oxygens (including phenoxy) is 1. The molecule has 31 heavy (non-hydrogen) atoms. The normalized spacial score (nSPS) is 11.6. The van der Waals surface area contributed by atoms with E-state index in [1.54, 1.807) is 18.5 Å². The summed E-state index contributed by atoms with van der Waals surface area (Å²) in [6.45, 7) is 4.73. The molecule has 0 bridgehead atoms. The number of anilines is 1. The van der Waals surface area contributed by atoms with Crippen molar-refractivity contribution < 1.29 is 23.6 Å². The van der Waals surface area contributed by atoms with Crippen molar-refractivity contribution in [3.63, 3.8) is 0 Å². The molecule has 3 aromatic rings. The number of nitrogens with zero attached hydrogens (tertiary/aromatic N) is 3. The van der Waals surface area contributed by atoms with Crippen LogP contribution in [0.3, 0.4) is 0 Å². The second-order valence-corrected chi connectivity index (χ2v) is 6.75.